The van der Waals surface area contributed by atoms with E-state index in [4.69, 9.17) is 4.74 Å². The number of amides is 3. The SMILES string of the molecule is O=C(NCCOc1cccc2ccccc12)c1cccc(N2CCNC2=O)c1. The van der Waals surface area contributed by atoms with Crippen molar-refractivity contribution in [2.24, 2.45) is 0 Å². The Hall–Kier alpha value is -3.54. The minimum absolute atomic E-state index is 0.138. The molecule has 0 bridgehead atoms. The fraction of sp³-hybridized carbons (Fsp3) is 0.182. The van der Waals surface area contributed by atoms with Gasteiger partial charge in [0.05, 0.1) is 6.54 Å². The van der Waals surface area contributed by atoms with Crippen molar-refractivity contribution in [3.8, 4) is 5.75 Å². The molecule has 3 amide bonds. The molecule has 0 aliphatic carbocycles. The Morgan fingerprint density at radius 3 is 2.75 bits per heavy atom. The van der Waals surface area contributed by atoms with Crippen LogP contribution >= 0.6 is 0 Å². The van der Waals surface area contributed by atoms with Gasteiger partial charge >= 0.3 is 6.03 Å². The number of carbonyl (C=O) groups excluding carboxylic acids is 2. The average Bonchev–Trinajstić information content (AvgIpc) is 3.17. The highest BCUT2D eigenvalue weighted by atomic mass is 16.5. The molecular formula is C22H21N3O3. The van der Waals surface area contributed by atoms with Gasteiger partial charge in [-0.15, -0.1) is 0 Å². The number of rotatable bonds is 6. The highest BCUT2D eigenvalue weighted by Crippen LogP contribution is 2.25. The van der Waals surface area contributed by atoms with Gasteiger partial charge in [0.25, 0.3) is 5.91 Å². The summed E-state index contributed by atoms with van der Waals surface area (Å²) in [5.41, 5.74) is 1.23. The Morgan fingerprint density at radius 1 is 1.07 bits per heavy atom. The molecule has 6 heteroatoms. The van der Waals surface area contributed by atoms with E-state index in [1.165, 1.54) is 0 Å². The van der Waals surface area contributed by atoms with Gasteiger partial charge < -0.3 is 15.4 Å². The van der Waals surface area contributed by atoms with Gasteiger partial charge in [-0.2, -0.15) is 0 Å². The van der Waals surface area contributed by atoms with Gasteiger partial charge in [0.1, 0.15) is 12.4 Å². The molecule has 1 saturated heterocycles. The van der Waals surface area contributed by atoms with Crippen molar-refractivity contribution in [1.82, 2.24) is 10.6 Å². The van der Waals surface area contributed by atoms with Crippen LogP contribution in [-0.4, -0.2) is 38.2 Å². The second kappa shape index (κ2) is 8.00. The predicted molar refractivity (Wildman–Crippen MR) is 109 cm³/mol. The molecule has 0 spiro atoms. The molecule has 1 aliphatic rings. The van der Waals surface area contributed by atoms with Crippen molar-refractivity contribution in [3.63, 3.8) is 0 Å². The summed E-state index contributed by atoms with van der Waals surface area (Å²) < 4.78 is 5.85. The number of ether oxygens (including phenoxy) is 1. The number of benzene rings is 3. The van der Waals surface area contributed by atoms with E-state index in [1.807, 2.05) is 48.5 Å². The topological polar surface area (TPSA) is 70.7 Å². The smallest absolute Gasteiger partial charge is 0.321 e. The molecule has 28 heavy (non-hydrogen) atoms. The molecule has 0 saturated carbocycles. The summed E-state index contributed by atoms with van der Waals surface area (Å²) in [6.45, 7) is 1.97. The minimum Gasteiger partial charge on any atom is -0.491 e. The van der Waals surface area contributed by atoms with Crippen molar-refractivity contribution in [3.05, 3.63) is 72.3 Å². The lowest BCUT2D eigenvalue weighted by Gasteiger charge is -2.15. The van der Waals surface area contributed by atoms with Gasteiger partial charge in [0.15, 0.2) is 0 Å². The lowest BCUT2D eigenvalue weighted by Crippen LogP contribution is -2.29. The number of urea groups is 1. The summed E-state index contributed by atoms with van der Waals surface area (Å²) in [7, 11) is 0. The van der Waals surface area contributed by atoms with E-state index < -0.39 is 0 Å². The molecular weight excluding hydrogens is 354 g/mol. The van der Waals surface area contributed by atoms with Crippen molar-refractivity contribution >= 4 is 28.4 Å². The molecule has 1 aliphatic heterocycles. The van der Waals surface area contributed by atoms with E-state index in [0.29, 0.717) is 31.8 Å². The zero-order chi connectivity index (χ0) is 19.3. The van der Waals surface area contributed by atoms with Gasteiger partial charge in [-0.3, -0.25) is 9.69 Å². The molecule has 0 unspecified atom stereocenters. The average molecular weight is 375 g/mol. The standard InChI is InChI=1S/C22H21N3O3/c26-21(17-7-3-8-18(15-17)25-13-11-24-22(25)27)23-12-14-28-20-10-4-6-16-5-1-2-9-19(16)20/h1-10,15H,11-14H2,(H,23,26)(H,24,27). The normalized spacial score (nSPS) is 13.4. The second-order valence-corrected chi connectivity index (χ2v) is 6.52. The van der Waals surface area contributed by atoms with Crippen LogP contribution in [0.2, 0.25) is 0 Å². The quantitative estimate of drug-likeness (QED) is 0.650. The number of carbonyl (C=O) groups is 2. The maximum absolute atomic E-state index is 12.4. The monoisotopic (exact) mass is 375 g/mol. The number of nitrogens with zero attached hydrogens (tertiary/aromatic N) is 1. The molecule has 0 atom stereocenters. The van der Waals surface area contributed by atoms with Crippen LogP contribution in [0.5, 0.6) is 5.75 Å². The molecule has 3 aromatic rings. The molecule has 3 aromatic carbocycles. The number of hydrogen-bond donors (Lipinski definition) is 2. The van der Waals surface area contributed by atoms with Crippen LogP contribution in [0.25, 0.3) is 10.8 Å². The second-order valence-electron chi connectivity index (χ2n) is 6.52. The van der Waals surface area contributed by atoms with Gasteiger partial charge in [-0.05, 0) is 29.7 Å². The van der Waals surface area contributed by atoms with Crippen LogP contribution in [0.15, 0.2) is 66.7 Å². The lowest BCUT2D eigenvalue weighted by atomic mass is 10.1. The summed E-state index contributed by atoms with van der Waals surface area (Å²) in [5.74, 6) is 0.609. The maximum atomic E-state index is 12.4. The molecule has 4 rings (SSSR count). The van der Waals surface area contributed by atoms with E-state index in [2.05, 4.69) is 10.6 Å². The predicted octanol–water partition coefficient (Wildman–Crippen LogP) is 3.18. The zero-order valence-electron chi connectivity index (χ0n) is 15.4. The Labute approximate surface area is 163 Å². The number of hydrogen-bond acceptors (Lipinski definition) is 3. The minimum atomic E-state index is -0.192. The molecule has 1 fully saturated rings. The van der Waals surface area contributed by atoms with E-state index in [0.717, 1.165) is 22.2 Å². The van der Waals surface area contributed by atoms with Gasteiger partial charge in [0.2, 0.25) is 0 Å². The zero-order valence-corrected chi connectivity index (χ0v) is 15.4. The third-order valence-electron chi connectivity index (χ3n) is 4.67. The molecule has 6 nitrogen and oxygen atoms in total. The summed E-state index contributed by atoms with van der Waals surface area (Å²) in [5, 5.41) is 7.79. The first-order valence-electron chi connectivity index (χ1n) is 9.26. The highest BCUT2D eigenvalue weighted by Gasteiger charge is 2.21. The number of anilines is 1. The van der Waals surface area contributed by atoms with Crippen LogP contribution < -0.4 is 20.3 Å². The van der Waals surface area contributed by atoms with E-state index >= 15 is 0 Å². The Morgan fingerprint density at radius 2 is 1.89 bits per heavy atom. The first kappa shape index (κ1) is 17.9. The van der Waals surface area contributed by atoms with Crippen LogP contribution in [0.1, 0.15) is 10.4 Å². The first-order chi connectivity index (χ1) is 13.7. The summed E-state index contributed by atoms with van der Waals surface area (Å²) in [6.07, 6.45) is 0. The summed E-state index contributed by atoms with van der Waals surface area (Å²) in [4.78, 5) is 25.8. The molecule has 0 aromatic heterocycles. The summed E-state index contributed by atoms with van der Waals surface area (Å²) >= 11 is 0. The van der Waals surface area contributed by atoms with Gasteiger partial charge in [-0.25, -0.2) is 4.79 Å². The Bertz CT molecular complexity index is 1010. The molecule has 1 heterocycles. The van der Waals surface area contributed by atoms with Crippen molar-refractivity contribution < 1.29 is 14.3 Å². The molecule has 2 N–H and O–H groups in total. The molecule has 0 radical (unpaired) electrons. The van der Waals surface area contributed by atoms with Crippen molar-refractivity contribution in [1.29, 1.82) is 0 Å². The van der Waals surface area contributed by atoms with E-state index in [1.54, 1.807) is 23.1 Å². The number of nitrogens with one attached hydrogen (secondary N) is 2. The van der Waals surface area contributed by atoms with E-state index in [9.17, 15) is 9.59 Å². The largest absolute Gasteiger partial charge is 0.491 e. The van der Waals surface area contributed by atoms with Crippen LogP contribution in [0, 0.1) is 0 Å². The third-order valence-corrected chi connectivity index (χ3v) is 4.67. The van der Waals surface area contributed by atoms with Crippen LogP contribution in [0.4, 0.5) is 10.5 Å². The maximum Gasteiger partial charge on any atom is 0.321 e. The van der Waals surface area contributed by atoms with Gasteiger partial charge in [-0.1, -0.05) is 42.5 Å². The van der Waals surface area contributed by atoms with Crippen LogP contribution in [0.3, 0.4) is 0 Å². The number of fused-ring (bicyclic) bond motifs is 1. The molecule has 142 valence electrons. The lowest BCUT2D eigenvalue weighted by molar-refractivity contribution is 0.0947. The Kier molecular flexibility index (Phi) is 5.10. The van der Waals surface area contributed by atoms with Crippen molar-refractivity contribution in [2.45, 2.75) is 0 Å². The van der Waals surface area contributed by atoms with E-state index in [-0.39, 0.29) is 11.9 Å². The first-order valence-corrected chi connectivity index (χ1v) is 9.26. The van der Waals surface area contributed by atoms with Gasteiger partial charge in [0, 0.05) is 29.7 Å². The fourth-order valence-corrected chi connectivity index (χ4v) is 3.28. The third kappa shape index (κ3) is 3.76. The van der Waals surface area contributed by atoms with Crippen molar-refractivity contribution in [2.75, 3.05) is 31.1 Å². The fourth-order valence-electron chi connectivity index (χ4n) is 3.28. The highest BCUT2D eigenvalue weighted by molar-refractivity contribution is 5.98. The Balaban J connectivity index is 1.34. The summed E-state index contributed by atoms with van der Waals surface area (Å²) in [6, 6.07) is 20.9. The van der Waals surface area contributed by atoms with Crippen LogP contribution in [-0.2, 0) is 0 Å².